The molecule has 0 aliphatic carbocycles. The molecular formula is C19H29N3O2. The van der Waals surface area contributed by atoms with Gasteiger partial charge in [0.25, 0.3) is 0 Å². The van der Waals surface area contributed by atoms with Gasteiger partial charge in [0.2, 0.25) is 5.91 Å². The summed E-state index contributed by atoms with van der Waals surface area (Å²) >= 11 is 0. The lowest BCUT2D eigenvalue weighted by molar-refractivity contribution is -0.122. The molecule has 1 spiro atoms. The van der Waals surface area contributed by atoms with E-state index in [4.69, 9.17) is 4.74 Å². The quantitative estimate of drug-likeness (QED) is 0.858. The Kier molecular flexibility index (Phi) is 5.54. The molecule has 132 valence electrons. The van der Waals surface area contributed by atoms with Crippen molar-refractivity contribution in [1.82, 2.24) is 15.1 Å². The lowest BCUT2D eigenvalue weighted by atomic mass is 9.87. The Balaban J connectivity index is 1.48. The molecule has 5 heteroatoms. The van der Waals surface area contributed by atoms with Crippen LogP contribution in [0.4, 0.5) is 0 Å². The van der Waals surface area contributed by atoms with Gasteiger partial charge in [-0.25, -0.2) is 0 Å². The monoisotopic (exact) mass is 331 g/mol. The van der Waals surface area contributed by atoms with E-state index in [1.807, 2.05) is 32.3 Å². The Morgan fingerprint density at radius 2 is 2.12 bits per heavy atom. The molecule has 1 aromatic carbocycles. The maximum Gasteiger partial charge on any atom is 0.234 e. The van der Waals surface area contributed by atoms with Gasteiger partial charge in [0.15, 0.2) is 0 Å². The summed E-state index contributed by atoms with van der Waals surface area (Å²) in [6.07, 6.45) is 2.30. The fraction of sp³-hybridized carbons (Fsp3) is 0.632. The molecule has 5 nitrogen and oxygen atoms in total. The first-order valence-corrected chi connectivity index (χ1v) is 8.86. The number of amides is 1. The largest absolute Gasteiger partial charge is 0.381 e. The Morgan fingerprint density at radius 3 is 2.79 bits per heavy atom. The van der Waals surface area contributed by atoms with Gasteiger partial charge in [-0.1, -0.05) is 30.3 Å². The van der Waals surface area contributed by atoms with E-state index in [-0.39, 0.29) is 11.9 Å². The molecule has 0 saturated carbocycles. The minimum atomic E-state index is 0.119. The van der Waals surface area contributed by atoms with Crippen molar-refractivity contribution >= 4 is 5.91 Å². The first kappa shape index (κ1) is 17.4. The number of nitrogens with zero attached hydrogens (tertiary/aromatic N) is 2. The van der Waals surface area contributed by atoms with Gasteiger partial charge >= 0.3 is 0 Å². The fourth-order valence-corrected chi connectivity index (χ4v) is 3.88. The number of nitrogens with one attached hydrogen (secondary N) is 1. The topological polar surface area (TPSA) is 44.8 Å². The fourth-order valence-electron chi connectivity index (χ4n) is 3.88. The Labute approximate surface area is 145 Å². The maximum atomic E-state index is 12.4. The van der Waals surface area contributed by atoms with E-state index < -0.39 is 0 Å². The normalized spacial score (nSPS) is 25.5. The number of hydrogen-bond acceptors (Lipinski definition) is 4. The van der Waals surface area contributed by atoms with Crippen LogP contribution >= 0.6 is 0 Å². The molecule has 0 aromatic heterocycles. The predicted molar refractivity (Wildman–Crippen MR) is 94.8 cm³/mol. The number of likely N-dealkylation sites (N-methyl/N-ethyl adjacent to an activating group) is 1. The molecule has 2 aliphatic rings. The zero-order valence-corrected chi connectivity index (χ0v) is 14.8. The zero-order chi connectivity index (χ0) is 17.0. The zero-order valence-electron chi connectivity index (χ0n) is 14.8. The summed E-state index contributed by atoms with van der Waals surface area (Å²) in [6.45, 7) is 4.88. The predicted octanol–water partition coefficient (Wildman–Crippen LogP) is 1.52. The van der Waals surface area contributed by atoms with Gasteiger partial charge in [-0.05, 0) is 39.0 Å². The molecule has 1 N–H and O–H groups in total. The minimum Gasteiger partial charge on any atom is -0.381 e. The van der Waals surface area contributed by atoms with Crippen LogP contribution in [0.25, 0.3) is 0 Å². The van der Waals surface area contributed by atoms with Gasteiger partial charge in [-0.3, -0.25) is 9.69 Å². The Bertz CT molecular complexity index is 541. The van der Waals surface area contributed by atoms with Crippen LogP contribution in [-0.2, 0) is 9.53 Å². The van der Waals surface area contributed by atoms with Crippen LogP contribution in [-0.4, -0.2) is 69.2 Å². The number of carbonyl (C=O) groups is 1. The van der Waals surface area contributed by atoms with Crippen LogP contribution in [0, 0.1) is 5.41 Å². The van der Waals surface area contributed by atoms with Crippen molar-refractivity contribution in [1.29, 1.82) is 0 Å². The van der Waals surface area contributed by atoms with Crippen molar-refractivity contribution in [3.63, 3.8) is 0 Å². The van der Waals surface area contributed by atoms with E-state index in [1.54, 1.807) is 0 Å². The van der Waals surface area contributed by atoms with Gasteiger partial charge in [0, 0.05) is 25.1 Å². The third-order valence-electron chi connectivity index (χ3n) is 5.37. The standard InChI is InChI=1S/C19H29N3O2/c1-21(2)17(16-6-4-3-5-7-16)12-20-18(23)13-22-10-8-19(14-22)9-11-24-15-19/h3-7,17H,8-15H2,1-2H3,(H,20,23). The molecule has 1 amide bonds. The van der Waals surface area contributed by atoms with Gasteiger partial charge in [0.05, 0.1) is 19.2 Å². The van der Waals surface area contributed by atoms with Gasteiger partial charge in [-0.2, -0.15) is 0 Å². The molecule has 2 unspecified atom stereocenters. The van der Waals surface area contributed by atoms with E-state index >= 15 is 0 Å². The number of carbonyl (C=O) groups excluding carboxylic acids is 1. The second-order valence-corrected chi connectivity index (χ2v) is 7.46. The summed E-state index contributed by atoms with van der Waals surface area (Å²) < 4.78 is 5.56. The van der Waals surface area contributed by atoms with Crippen LogP contribution in [0.3, 0.4) is 0 Å². The number of likely N-dealkylation sites (tertiary alicyclic amines) is 1. The number of hydrogen-bond donors (Lipinski definition) is 1. The van der Waals surface area contributed by atoms with E-state index in [1.165, 1.54) is 5.56 Å². The Hall–Kier alpha value is -1.43. The molecule has 24 heavy (non-hydrogen) atoms. The average molecular weight is 331 g/mol. The Morgan fingerprint density at radius 1 is 1.33 bits per heavy atom. The highest BCUT2D eigenvalue weighted by Crippen LogP contribution is 2.37. The highest BCUT2D eigenvalue weighted by atomic mass is 16.5. The molecule has 0 radical (unpaired) electrons. The van der Waals surface area contributed by atoms with Gasteiger partial charge in [-0.15, -0.1) is 0 Å². The van der Waals surface area contributed by atoms with E-state index in [0.29, 0.717) is 18.5 Å². The maximum absolute atomic E-state index is 12.4. The molecule has 2 heterocycles. The van der Waals surface area contributed by atoms with Crippen LogP contribution in [0.1, 0.15) is 24.4 Å². The molecule has 2 fully saturated rings. The van der Waals surface area contributed by atoms with Crippen LogP contribution in [0.15, 0.2) is 30.3 Å². The van der Waals surface area contributed by atoms with Crippen molar-refractivity contribution < 1.29 is 9.53 Å². The molecule has 2 atom stereocenters. The second kappa shape index (κ2) is 7.64. The smallest absolute Gasteiger partial charge is 0.234 e. The lowest BCUT2D eigenvalue weighted by Gasteiger charge is -2.26. The van der Waals surface area contributed by atoms with Gasteiger partial charge in [0.1, 0.15) is 0 Å². The average Bonchev–Trinajstić information content (AvgIpc) is 3.18. The summed E-state index contributed by atoms with van der Waals surface area (Å²) in [4.78, 5) is 16.8. The molecule has 2 aliphatic heterocycles. The highest BCUT2D eigenvalue weighted by molar-refractivity contribution is 5.78. The number of rotatable bonds is 6. The SMILES string of the molecule is CN(C)C(CNC(=O)CN1CCC2(CCOC2)C1)c1ccccc1. The molecular weight excluding hydrogens is 302 g/mol. The summed E-state index contributed by atoms with van der Waals surface area (Å²) in [6, 6.07) is 10.5. The van der Waals surface area contributed by atoms with Crippen molar-refractivity contribution in [3.8, 4) is 0 Å². The molecule has 3 rings (SSSR count). The van der Waals surface area contributed by atoms with Crippen LogP contribution in [0.2, 0.25) is 0 Å². The first-order valence-electron chi connectivity index (χ1n) is 8.86. The third-order valence-corrected chi connectivity index (χ3v) is 5.37. The highest BCUT2D eigenvalue weighted by Gasteiger charge is 2.41. The van der Waals surface area contributed by atoms with E-state index in [9.17, 15) is 4.79 Å². The third kappa shape index (κ3) is 4.15. The molecule has 1 aromatic rings. The number of benzene rings is 1. The lowest BCUT2D eigenvalue weighted by Crippen LogP contribution is -2.40. The number of ether oxygens (including phenoxy) is 1. The molecule has 2 saturated heterocycles. The van der Waals surface area contributed by atoms with Crippen LogP contribution < -0.4 is 5.32 Å². The van der Waals surface area contributed by atoms with Crippen LogP contribution in [0.5, 0.6) is 0 Å². The van der Waals surface area contributed by atoms with Crippen molar-refractivity contribution in [2.45, 2.75) is 18.9 Å². The van der Waals surface area contributed by atoms with Gasteiger partial charge < -0.3 is 15.0 Å². The van der Waals surface area contributed by atoms with Crippen molar-refractivity contribution in [2.24, 2.45) is 5.41 Å². The van der Waals surface area contributed by atoms with E-state index in [2.05, 4.69) is 27.2 Å². The molecule has 0 bridgehead atoms. The summed E-state index contributed by atoms with van der Waals surface area (Å²) in [5.74, 6) is 0.119. The summed E-state index contributed by atoms with van der Waals surface area (Å²) in [5.41, 5.74) is 1.54. The summed E-state index contributed by atoms with van der Waals surface area (Å²) in [5, 5.41) is 3.11. The summed E-state index contributed by atoms with van der Waals surface area (Å²) in [7, 11) is 4.10. The van der Waals surface area contributed by atoms with Crippen molar-refractivity contribution in [3.05, 3.63) is 35.9 Å². The minimum absolute atomic E-state index is 0.119. The second-order valence-electron chi connectivity index (χ2n) is 7.46. The van der Waals surface area contributed by atoms with E-state index in [0.717, 1.165) is 39.1 Å². The van der Waals surface area contributed by atoms with Crippen molar-refractivity contribution in [2.75, 3.05) is 53.5 Å². The first-order chi connectivity index (χ1) is 11.6.